The Hall–Kier alpha value is -0.610. The predicted octanol–water partition coefficient (Wildman–Crippen LogP) is 2.46. The van der Waals surface area contributed by atoms with Crippen molar-refractivity contribution in [2.75, 3.05) is 20.3 Å². The van der Waals surface area contributed by atoms with Crippen molar-refractivity contribution in [1.82, 2.24) is 4.90 Å². The number of nitrogens with zero attached hydrogens (tertiary/aromatic N) is 1. The van der Waals surface area contributed by atoms with Gasteiger partial charge in [-0.25, -0.2) is 0 Å². The van der Waals surface area contributed by atoms with Crippen molar-refractivity contribution < 1.29 is 14.3 Å². The molecule has 0 spiro atoms. The van der Waals surface area contributed by atoms with Gasteiger partial charge in [-0.05, 0) is 41.0 Å². The van der Waals surface area contributed by atoms with Gasteiger partial charge in [0.25, 0.3) is 0 Å². The van der Waals surface area contributed by atoms with Gasteiger partial charge in [0.1, 0.15) is 11.6 Å². The van der Waals surface area contributed by atoms with E-state index in [9.17, 15) is 4.79 Å². The molecule has 0 fully saturated rings. The maximum Gasteiger partial charge on any atom is 0.323 e. The average Bonchev–Trinajstić information content (AvgIpc) is 2.26. The number of hydrogen-bond donors (Lipinski definition) is 0. The highest BCUT2D eigenvalue weighted by Crippen LogP contribution is 2.14. The Morgan fingerprint density at radius 2 is 1.83 bits per heavy atom. The van der Waals surface area contributed by atoms with Crippen LogP contribution in [0, 0.1) is 0 Å². The van der Waals surface area contributed by atoms with Gasteiger partial charge in [-0.15, -0.1) is 0 Å². The molecule has 0 amide bonds. The fraction of sp³-hybridized carbons (Fsp3) is 0.929. The highest BCUT2D eigenvalue weighted by atomic mass is 16.6. The zero-order valence-electron chi connectivity index (χ0n) is 12.9. The van der Waals surface area contributed by atoms with Crippen molar-refractivity contribution >= 4 is 5.97 Å². The first-order chi connectivity index (χ1) is 8.22. The van der Waals surface area contributed by atoms with Crippen molar-refractivity contribution in [3.8, 4) is 0 Å². The fourth-order valence-electron chi connectivity index (χ4n) is 1.75. The average molecular weight is 259 g/mol. The molecule has 0 saturated carbocycles. The van der Waals surface area contributed by atoms with E-state index < -0.39 is 5.60 Å². The quantitative estimate of drug-likeness (QED) is 0.658. The Morgan fingerprint density at radius 1 is 1.28 bits per heavy atom. The maximum atomic E-state index is 12.1. The van der Waals surface area contributed by atoms with Crippen LogP contribution < -0.4 is 0 Å². The molecule has 2 atom stereocenters. The maximum absolute atomic E-state index is 12.1. The van der Waals surface area contributed by atoms with E-state index in [1.165, 1.54) is 0 Å². The predicted molar refractivity (Wildman–Crippen MR) is 73.6 cm³/mol. The van der Waals surface area contributed by atoms with E-state index in [1.807, 2.05) is 27.7 Å². The van der Waals surface area contributed by atoms with Gasteiger partial charge < -0.3 is 9.47 Å². The molecule has 2 unspecified atom stereocenters. The molecule has 18 heavy (non-hydrogen) atoms. The standard InChI is InChI=1S/C14H29NO3/c1-8-11(2)15(9-10-17-7)12(3)13(16)18-14(4,5)6/h11-12H,8-10H2,1-7H3. The second-order valence-corrected chi connectivity index (χ2v) is 5.70. The van der Waals surface area contributed by atoms with Gasteiger partial charge >= 0.3 is 5.97 Å². The second-order valence-electron chi connectivity index (χ2n) is 5.70. The van der Waals surface area contributed by atoms with Gasteiger partial charge in [0, 0.05) is 19.7 Å². The molecule has 4 nitrogen and oxygen atoms in total. The lowest BCUT2D eigenvalue weighted by atomic mass is 10.1. The molecule has 0 aromatic carbocycles. The molecule has 0 heterocycles. The Morgan fingerprint density at radius 3 is 2.22 bits per heavy atom. The summed E-state index contributed by atoms with van der Waals surface area (Å²) in [6, 6.07) is 0.0944. The van der Waals surface area contributed by atoms with Crippen molar-refractivity contribution in [3.63, 3.8) is 0 Å². The third-order valence-corrected chi connectivity index (χ3v) is 2.96. The molecule has 0 bridgehead atoms. The summed E-state index contributed by atoms with van der Waals surface area (Å²) in [7, 11) is 1.67. The SMILES string of the molecule is CCC(C)N(CCOC)C(C)C(=O)OC(C)(C)C. The summed E-state index contributed by atoms with van der Waals surface area (Å²) in [5.41, 5.74) is -0.437. The third kappa shape index (κ3) is 6.36. The molecule has 0 rings (SSSR count). The first kappa shape index (κ1) is 17.4. The molecule has 0 aromatic heterocycles. The molecular formula is C14H29NO3. The van der Waals surface area contributed by atoms with Crippen molar-refractivity contribution in [1.29, 1.82) is 0 Å². The number of carbonyl (C=O) groups is 1. The summed E-state index contributed by atoms with van der Waals surface area (Å²) in [5.74, 6) is -0.168. The van der Waals surface area contributed by atoms with Crippen molar-refractivity contribution in [2.24, 2.45) is 0 Å². The Balaban J connectivity index is 4.62. The monoisotopic (exact) mass is 259 g/mol. The van der Waals surface area contributed by atoms with Crippen LogP contribution in [0.5, 0.6) is 0 Å². The lowest BCUT2D eigenvalue weighted by Gasteiger charge is -2.34. The lowest BCUT2D eigenvalue weighted by molar-refractivity contribution is -0.162. The van der Waals surface area contributed by atoms with Gasteiger partial charge in [-0.2, -0.15) is 0 Å². The molecule has 108 valence electrons. The first-order valence-corrected chi connectivity index (χ1v) is 6.70. The van der Waals surface area contributed by atoms with Crippen molar-refractivity contribution in [2.45, 2.75) is 65.6 Å². The first-order valence-electron chi connectivity index (χ1n) is 6.70. The van der Waals surface area contributed by atoms with Crippen LogP contribution in [0.4, 0.5) is 0 Å². The van der Waals surface area contributed by atoms with E-state index in [4.69, 9.17) is 9.47 Å². The van der Waals surface area contributed by atoms with E-state index in [-0.39, 0.29) is 12.0 Å². The Labute approximate surface area is 112 Å². The van der Waals surface area contributed by atoms with Gasteiger partial charge in [0.2, 0.25) is 0 Å². The zero-order chi connectivity index (χ0) is 14.3. The Bertz CT molecular complexity index is 248. The summed E-state index contributed by atoms with van der Waals surface area (Å²) < 4.78 is 10.5. The second kappa shape index (κ2) is 7.74. The molecule has 4 heteroatoms. The van der Waals surface area contributed by atoms with Gasteiger partial charge in [-0.3, -0.25) is 9.69 Å². The summed E-state index contributed by atoms with van der Waals surface area (Å²) in [6.45, 7) is 13.2. The highest BCUT2D eigenvalue weighted by Gasteiger charge is 2.28. The van der Waals surface area contributed by atoms with Crippen LogP contribution in [0.3, 0.4) is 0 Å². The summed E-state index contributed by atoms with van der Waals surface area (Å²) in [6.07, 6.45) is 0.997. The van der Waals surface area contributed by atoms with E-state index in [0.29, 0.717) is 12.6 Å². The molecule has 0 saturated heterocycles. The summed E-state index contributed by atoms with van der Waals surface area (Å²) >= 11 is 0. The minimum atomic E-state index is -0.437. The summed E-state index contributed by atoms with van der Waals surface area (Å²) in [4.78, 5) is 14.2. The molecule has 0 aliphatic carbocycles. The highest BCUT2D eigenvalue weighted by molar-refractivity contribution is 5.75. The largest absolute Gasteiger partial charge is 0.459 e. The van der Waals surface area contributed by atoms with Crippen LogP contribution >= 0.6 is 0 Å². The van der Waals surface area contributed by atoms with E-state index in [1.54, 1.807) is 7.11 Å². The fourth-order valence-corrected chi connectivity index (χ4v) is 1.75. The topological polar surface area (TPSA) is 38.8 Å². The van der Waals surface area contributed by atoms with Gasteiger partial charge in [0.15, 0.2) is 0 Å². The number of rotatable bonds is 7. The third-order valence-electron chi connectivity index (χ3n) is 2.96. The number of ether oxygens (including phenoxy) is 2. The molecule has 0 radical (unpaired) electrons. The zero-order valence-corrected chi connectivity index (χ0v) is 12.9. The number of carbonyl (C=O) groups excluding carboxylic acids is 1. The van der Waals surface area contributed by atoms with Crippen LogP contribution in [-0.2, 0) is 14.3 Å². The van der Waals surface area contributed by atoms with Crippen LogP contribution in [0.1, 0.15) is 48.0 Å². The minimum Gasteiger partial charge on any atom is -0.459 e. The van der Waals surface area contributed by atoms with Crippen LogP contribution in [-0.4, -0.2) is 48.8 Å². The molecule has 0 aliphatic heterocycles. The molecular weight excluding hydrogens is 230 g/mol. The molecule has 0 aromatic rings. The van der Waals surface area contributed by atoms with Crippen LogP contribution in [0.2, 0.25) is 0 Å². The normalized spacial score (nSPS) is 15.6. The van der Waals surface area contributed by atoms with Crippen molar-refractivity contribution in [3.05, 3.63) is 0 Å². The Kier molecular flexibility index (Phi) is 7.48. The van der Waals surface area contributed by atoms with E-state index >= 15 is 0 Å². The number of hydrogen-bond acceptors (Lipinski definition) is 4. The minimum absolute atomic E-state index is 0.168. The number of methoxy groups -OCH3 is 1. The number of esters is 1. The molecule has 0 aliphatic rings. The van der Waals surface area contributed by atoms with Crippen LogP contribution in [0.15, 0.2) is 0 Å². The summed E-state index contributed by atoms with van der Waals surface area (Å²) in [5, 5.41) is 0. The van der Waals surface area contributed by atoms with Crippen LogP contribution in [0.25, 0.3) is 0 Å². The molecule has 0 N–H and O–H groups in total. The van der Waals surface area contributed by atoms with Gasteiger partial charge in [-0.1, -0.05) is 6.92 Å². The lowest BCUT2D eigenvalue weighted by Crippen LogP contribution is -2.48. The van der Waals surface area contributed by atoms with E-state index in [2.05, 4.69) is 18.7 Å². The smallest absolute Gasteiger partial charge is 0.323 e. The van der Waals surface area contributed by atoms with Gasteiger partial charge in [0.05, 0.1) is 6.61 Å². The van der Waals surface area contributed by atoms with E-state index in [0.717, 1.165) is 13.0 Å².